The van der Waals surface area contributed by atoms with E-state index in [0.717, 1.165) is 22.3 Å². The van der Waals surface area contributed by atoms with Crippen LogP contribution in [0.2, 0.25) is 0 Å². The molecule has 0 aliphatic carbocycles. The monoisotopic (exact) mass is 372 g/mol. The van der Waals surface area contributed by atoms with Gasteiger partial charge in [0.25, 0.3) is 0 Å². The van der Waals surface area contributed by atoms with Gasteiger partial charge in [0, 0.05) is 25.3 Å². The number of rotatable bonds is 8. The van der Waals surface area contributed by atoms with Gasteiger partial charge in [-0.2, -0.15) is 0 Å². The van der Waals surface area contributed by atoms with Gasteiger partial charge in [0.1, 0.15) is 0 Å². The first-order chi connectivity index (χ1) is 12.8. The molecule has 6 nitrogen and oxygen atoms in total. The summed E-state index contributed by atoms with van der Waals surface area (Å²) >= 11 is 0. The molecule has 0 amide bonds. The van der Waals surface area contributed by atoms with Crippen LogP contribution in [-0.2, 0) is 22.4 Å². The summed E-state index contributed by atoms with van der Waals surface area (Å²) in [5.74, 6) is -0.0144. The zero-order valence-corrected chi connectivity index (χ0v) is 16.0. The average molecular weight is 372 g/mol. The molecule has 0 aliphatic rings. The summed E-state index contributed by atoms with van der Waals surface area (Å²) in [5.41, 5.74) is 3.73. The van der Waals surface area contributed by atoms with Crippen LogP contribution in [0.3, 0.4) is 0 Å². The second-order valence-electron chi connectivity index (χ2n) is 6.22. The van der Waals surface area contributed by atoms with Crippen molar-refractivity contribution in [1.82, 2.24) is 0 Å². The lowest BCUT2D eigenvalue weighted by Crippen LogP contribution is -2.08. The molecule has 0 radical (unpaired) electrons. The number of hydrogen-bond acceptors (Lipinski definition) is 5. The summed E-state index contributed by atoms with van der Waals surface area (Å²) in [6.07, 6.45) is 1.13. The molecule has 0 fully saturated rings. The zero-order valence-electron chi connectivity index (χ0n) is 16.0. The van der Waals surface area contributed by atoms with E-state index in [2.05, 4.69) is 0 Å². The smallest absolute Gasteiger partial charge is 0.308 e. The fourth-order valence-corrected chi connectivity index (χ4v) is 2.87. The summed E-state index contributed by atoms with van der Waals surface area (Å²) in [6, 6.07) is 9.58. The summed E-state index contributed by atoms with van der Waals surface area (Å²) < 4.78 is 16.2. The first-order valence-corrected chi connectivity index (χ1v) is 8.58. The maximum atomic E-state index is 11.6. The van der Waals surface area contributed by atoms with Crippen molar-refractivity contribution in [1.29, 1.82) is 0 Å². The van der Waals surface area contributed by atoms with E-state index in [4.69, 9.17) is 19.3 Å². The molecular formula is C21H24O6. The molecular weight excluding hydrogens is 348 g/mol. The third kappa shape index (κ3) is 5.23. The molecule has 0 saturated carbocycles. The van der Waals surface area contributed by atoms with Crippen LogP contribution in [0.5, 0.6) is 17.2 Å². The number of benzene rings is 2. The lowest BCUT2D eigenvalue weighted by atomic mass is 9.97. The molecule has 2 aromatic carbocycles. The maximum Gasteiger partial charge on any atom is 0.308 e. The highest BCUT2D eigenvalue weighted by Gasteiger charge is 2.21. The number of ether oxygens (including phenoxy) is 3. The Hall–Kier alpha value is -3.02. The number of carbonyl (C=O) groups excluding carboxylic acids is 1. The molecule has 2 aromatic rings. The number of carboxylic acid groups (broad SMARTS) is 1. The highest BCUT2D eigenvalue weighted by atomic mass is 16.6. The molecule has 27 heavy (non-hydrogen) atoms. The number of aryl methyl sites for hydroxylation is 2. The Bertz CT molecular complexity index is 824. The molecule has 0 spiro atoms. The van der Waals surface area contributed by atoms with E-state index in [1.54, 1.807) is 0 Å². The Morgan fingerprint density at radius 3 is 2.15 bits per heavy atom. The lowest BCUT2D eigenvalue weighted by molar-refractivity contribution is -0.137. The molecule has 0 atom stereocenters. The standard InChI is InChI=1S/C21H24O6/c1-13-11-18(25-3)21(26-4)20(27-14(2)22)17(13)12-16-7-5-15(6-8-16)9-10-19(23)24/h5-8,11H,9-10,12H2,1-4H3,(H,23,24). The third-order valence-electron chi connectivity index (χ3n) is 4.23. The van der Waals surface area contributed by atoms with Gasteiger partial charge in [0.05, 0.1) is 14.2 Å². The highest BCUT2D eigenvalue weighted by molar-refractivity contribution is 5.73. The van der Waals surface area contributed by atoms with Crippen LogP contribution in [0, 0.1) is 6.92 Å². The van der Waals surface area contributed by atoms with E-state index >= 15 is 0 Å². The van der Waals surface area contributed by atoms with Crippen LogP contribution < -0.4 is 14.2 Å². The fourth-order valence-electron chi connectivity index (χ4n) is 2.87. The number of carbonyl (C=O) groups is 2. The van der Waals surface area contributed by atoms with Crippen molar-refractivity contribution >= 4 is 11.9 Å². The predicted molar refractivity (Wildman–Crippen MR) is 101 cm³/mol. The summed E-state index contributed by atoms with van der Waals surface area (Å²) in [7, 11) is 3.03. The van der Waals surface area contributed by atoms with Crippen molar-refractivity contribution in [3.8, 4) is 17.2 Å². The van der Waals surface area contributed by atoms with E-state index in [1.807, 2.05) is 37.3 Å². The molecule has 0 aromatic heterocycles. The minimum atomic E-state index is -0.814. The second kappa shape index (κ2) is 9.07. The molecule has 2 rings (SSSR count). The molecule has 0 heterocycles. The normalized spacial score (nSPS) is 10.4. The van der Waals surface area contributed by atoms with Crippen LogP contribution >= 0.6 is 0 Å². The van der Waals surface area contributed by atoms with Crippen molar-refractivity contribution in [2.45, 2.75) is 33.1 Å². The van der Waals surface area contributed by atoms with Crippen LogP contribution in [0.25, 0.3) is 0 Å². The number of esters is 1. The Balaban J connectivity index is 2.36. The minimum Gasteiger partial charge on any atom is -0.493 e. The van der Waals surface area contributed by atoms with Crippen molar-refractivity contribution in [2.24, 2.45) is 0 Å². The molecule has 0 aliphatic heterocycles. The summed E-state index contributed by atoms with van der Waals surface area (Å²) in [6.45, 7) is 3.26. The number of carboxylic acids is 1. The molecule has 0 bridgehead atoms. The van der Waals surface area contributed by atoms with Crippen molar-refractivity contribution in [3.05, 3.63) is 52.6 Å². The van der Waals surface area contributed by atoms with Gasteiger partial charge in [-0.15, -0.1) is 0 Å². The maximum absolute atomic E-state index is 11.6. The van der Waals surface area contributed by atoms with Gasteiger partial charge in [0.15, 0.2) is 11.5 Å². The average Bonchev–Trinajstić information content (AvgIpc) is 2.63. The number of aliphatic carboxylic acids is 1. The summed E-state index contributed by atoms with van der Waals surface area (Å²) in [4.78, 5) is 22.3. The number of hydrogen-bond donors (Lipinski definition) is 1. The Morgan fingerprint density at radius 2 is 1.63 bits per heavy atom. The van der Waals surface area contributed by atoms with Gasteiger partial charge in [-0.05, 0) is 36.1 Å². The molecule has 144 valence electrons. The predicted octanol–water partition coefficient (Wildman–Crippen LogP) is 3.55. The number of methoxy groups -OCH3 is 2. The van der Waals surface area contributed by atoms with E-state index in [1.165, 1.54) is 21.1 Å². The minimum absolute atomic E-state index is 0.102. The quantitative estimate of drug-likeness (QED) is 0.564. The van der Waals surface area contributed by atoms with E-state index in [9.17, 15) is 9.59 Å². The van der Waals surface area contributed by atoms with Gasteiger partial charge in [0.2, 0.25) is 5.75 Å². The third-order valence-corrected chi connectivity index (χ3v) is 4.23. The largest absolute Gasteiger partial charge is 0.493 e. The molecule has 1 N–H and O–H groups in total. The van der Waals surface area contributed by atoms with Crippen LogP contribution in [0.1, 0.15) is 35.6 Å². The van der Waals surface area contributed by atoms with Crippen molar-refractivity contribution < 1.29 is 28.9 Å². The second-order valence-corrected chi connectivity index (χ2v) is 6.22. The van der Waals surface area contributed by atoms with E-state index in [-0.39, 0.29) is 6.42 Å². The SMILES string of the molecule is COc1cc(C)c(Cc2ccc(CCC(=O)O)cc2)c(OC(C)=O)c1OC. The van der Waals surface area contributed by atoms with Gasteiger partial charge in [-0.1, -0.05) is 24.3 Å². The molecule has 6 heteroatoms. The molecule has 0 saturated heterocycles. The first kappa shape index (κ1) is 20.3. The van der Waals surface area contributed by atoms with E-state index in [0.29, 0.717) is 30.1 Å². The topological polar surface area (TPSA) is 82.1 Å². The van der Waals surface area contributed by atoms with Gasteiger partial charge in [-0.3, -0.25) is 9.59 Å². The lowest BCUT2D eigenvalue weighted by Gasteiger charge is -2.18. The van der Waals surface area contributed by atoms with Crippen LogP contribution in [0.15, 0.2) is 30.3 Å². The molecule has 0 unspecified atom stereocenters. The summed E-state index contributed by atoms with van der Waals surface area (Å²) in [5, 5.41) is 8.79. The Kier molecular flexibility index (Phi) is 6.82. The Morgan fingerprint density at radius 1 is 1.00 bits per heavy atom. The Labute approximate surface area is 158 Å². The first-order valence-electron chi connectivity index (χ1n) is 8.58. The van der Waals surface area contributed by atoms with Crippen molar-refractivity contribution in [2.75, 3.05) is 14.2 Å². The van der Waals surface area contributed by atoms with Crippen LogP contribution in [-0.4, -0.2) is 31.3 Å². The van der Waals surface area contributed by atoms with Gasteiger partial charge >= 0.3 is 11.9 Å². The van der Waals surface area contributed by atoms with Gasteiger partial charge in [-0.25, -0.2) is 0 Å². The van der Waals surface area contributed by atoms with Gasteiger partial charge < -0.3 is 19.3 Å². The zero-order chi connectivity index (χ0) is 20.0. The highest BCUT2D eigenvalue weighted by Crippen LogP contribution is 2.43. The fraction of sp³-hybridized carbons (Fsp3) is 0.333. The van der Waals surface area contributed by atoms with Crippen LogP contribution in [0.4, 0.5) is 0 Å². The van der Waals surface area contributed by atoms with Crippen molar-refractivity contribution in [3.63, 3.8) is 0 Å². The van der Waals surface area contributed by atoms with E-state index < -0.39 is 11.9 Å².